The zero-order valence-electron chi connectivity index (χ0n) is 8.27. The van der Waals surface area contributed by atoms with Gasteiger partial charge in [-0.15, -0.1) is 6.58 Å². The maximum atomic E-state index is 3.77. The van der Waals surface area contributed by atoms with Crippen LogP contribution in [0.15, 0.2) is 12.7 Å². The summed E-state index contributed by atoms with van der Waals surface area (Å²) in [5, 5.41) is 3.56. The monoisotopic (exact) mass is 168 g/mol. The van der Waals surface area contributed by atoms with Crippen molar-refractivity contribution in [2.24, 2.45) is 0 Å². The summed E-state index contributed by atoms with van der Waals surface area (Å²) in [6.45, 7) is 12.7. The molecule has 70 valence electrons. The zero-order chi connectivity index (χ0) is 9.03. The van der Waals surface area contributed by atoms with Crippen LogP contribution in [0.5, 0.6) is 0 Å². The summed E-state index contributed by atoms with van der Waals surface area (Å²) in [6.07, 6.45) is 3.18. The van der Waals surface area contributed by atoms with Gasteiger partial charge in [0.15, 0.2) is 0 Å². The van der Waals surface area contributed by atoms with Crippen molar-refractivity contribution in [2.45, 2.75) is 25.8 Å². The molecule has 0 aromatic rings. The lowest BCUT2D eigenvalue weighted by Gasteiger charge is -2.40. The highest BCUT2D eigenvalue weighted by Crippen LogP contribution is 2.14. The molecule has 0 radical (unpaired) electrons. The maximum absolute atomic E-state index is 3.77. The Morgan fingerprint density at radius 3 is 3.00 bits per heavy atom. The summed E-state index contributed by atoms with van der Waals surface area (Å²) in [5.74, 6) is 0. The highest BCUT2D eigenvalue weighted by molar-refractivity contribution is 4.91. The molecule has 0 aromatic heterocycles. The third-order valence-electron chi connectivity index (χ3n) is 2.72. The molecule has 0 saturated carbocycles. The van der Waals surface area contributed by atoms with Crippen LogP contribution in [0.4, 0.5) is 0 Å². The molecule has 12 heavy (non-hydrogen) atoms. The van der Waals surface area contributed by atoms with E-state index in [-0.39, 0.29) is 0 Å². The molecule has 1 saturated heterocycles. The lowest BCUT2D eigenvalue weighted by molar-refractivity contribution is 0.152. The highest BCUT2D eigenvalue weighted by Gasteiger charge is 2.27. The zero-order valence-corrected chi connectivity index (χ0v) is 8.27. The van der Waals surface area contributed by atoms with Gasteiger partial charge in [0, 0.05) is 31.7 Å². The van der Waals surface area contributed by atoms with Crippen molar-refractivity contribution in [3.8, 4) is 0 Å². The summed E-state index contributed by atoms with van der Waals surface area (Å²) >= 11 is 0. The molecular formula is C10H20N2. The summed E-state index contributed by atoms with van der Waals surface area (Å²) < 4.78 is 0. The smallest absolute Gasteiger partial charge is 0.0278 e. The summed E-state index contributed by atoms with van der Waals surface area (Å²) in [5.41, 5.74) is 0.321. The van der Waals surface area contributed by atoms with Gasteiger partial charge in [0.1, 0.15) is 0 Å². The van der Waals surface area contributed by atoms with E-state index in [1.165, 1.54) is 6.42 Å². The first-order valence-electron chi connectivity index (χ1n) is 4.78. The maximum Gasteiger partial charge on any atom is 0.0278 e. The Morgan fingerprint density at radius 1 is 1.67 bits per heavy atom. The molecule has 1 fully saturated rings. The van der Waals surface area contributed by atoms with E-state index >= 15 is 0 Å². The fraction of sp³-hybridized carbons (Fsp3) is 0.800. The Bertz CT molecular complexity index is 156. The average Bonchev–Trinajstić information content (AvgIpc) is 2.05. The van der Waals surface area contributed by atoms with E-state index < -0.39 is 0 Å². The van der Waals surface area contributed by atoms with E-state index in [1.807, 2.05) is 6.08 Å². The van der Waals surface area contributed by atoms with Crippen LogP contribution in [0, 0.1) is 0 Å². The lowest BCUT2D eigenvalue weighted by Crippen LogP contribution is -2.58. The van der Waals surface area contributed by atoms with E-state index in [1.54, 1.807) is 0 Å². The van der Waals surface area contributed by atoms with Gasteiger partial charge in [-0.2, -0.15) is 0 Å². The van der Waals surface area contributed by atoms with Gasteiger partial charge in [-0.3, -0.25) is 4.90 Å². The minimum atomic E-state index is 0.321. The number of nitrogens with one attached hydrogen (secondary N) is 1. The van der Waals surface area contributed by atoms with Crippen LogP contribution >= 0.6 is 0 Å². The van der Waals surface area contributed by atoms with Crippen LogP contribution in [0.2, 0.25) is 0 Å². The van der Waals surface area contributed by atoms with Gasteiger partial charge in [0.2, 0.25) is 0 Å². The standard InChI is InChI=1S/C10H20N2/c1-4-7-12-8-6-11-10(3,5-2)9-12/h4,11H,1,5-9H2,2-3H3. The molecule has 2 nitrogen and oxygen atoms in total. The average molecular weight is 168 g/mol. The van der Waals surface area contributed by atoms with Crippen molar-refractivity contribution < 1.29 is 0 Å². The largest absolute Gasteiger partial charge is 0.309 e. The number of piperazine rings is 1. The van der Waals surface area contributed by atoms with Gasteiger partial charge in [-0.05, 0) is 13.3 Å². The molecule has 1 rings (SSSR count). The third kappa shape index (κ3) is 2.32. The van der Waals surface area contributed by atoms with E-state index in [2.05, 4.69) is 30.6 Å². The molecule has 1 heterocycles. The van der Waals surface area contributed by atoms with Crippen molar-refractivity contribution in [3.63, 3.8) is 0 Å². The highest BCUT2D eigenvalue weighted by atomic mass is 15.2. The SMILES string of the molecule is C=CCN1CCNC(C)(CC)C1. The summed E-state index contributed by atoms with van der Waals surface area (Å²) in [6, 6.07) is 0. The molecule has 0 spiro atoms. The van der Waals surface area contributed by atoms with Crippen LogP contribution in [-0.2, 0) is 0 Å². The van der Waals surface area contributed by atoms with Gasteiger partial charge < -0.3 is 5.32 Å². The van der Waals surface area contributed by atoms with E-state index in [0.717, 1.165) is 26.2 Å². The molecule has 0 aromatic carbocycles. The van der Waals surface area contributed by atoms with Crippen LogP contribution in [0.25, 0.3) is 0 Å². The molecule has 1 N–H and O–H groups in total. The van der Waals surface area contributed by atoms with Crippen molar-refractivity contribution in [3.05, 3.63) is 12.7 Å². The fourth-order valence-corrected chi connectivity index (χ4v) is 1.72. The topological polar surface area (TPSA) is 15.3 Å². The van der Waals surface area contributed by atoms with E-state index in [0.29, 0.717) is 5.54 Å². The number of rotatable bonds is 3. The molecule has 0 aliphatic carbocycles. The first-order valence-corrected chi connectivity index (χ1v) is 4.78. The number of nitrogens with zero attached hydrogens (tertiary/aromatic N) is 1. The van der Waals surface area contributed by atoms with Gasteiger partial charge in [0.05, 0.1) is 0 Å². The molecule has 1 aliphatic heterocycles. The van der Waals surface area contributed by atoms with Crippen molar-refractivity contribution in [1.82, 2.24) is 10.2 Å². The Labute approximate surface area is 75.6 Å². The van der Waals surface area contributed by atoms with E-state index in [9.17, 15) is 0 Å². The molecule has 1 aliphatic rings. The van der Waals surface area contributed by atoms with Gasteiger partial charge >= 0.3 is 0 Å². The fourth-order valence-electron chi connectivity index (χ4n) is 1.72. The van der Waals surface area contributed by atoms with Crippen molar-refractivity contribution in [2.75, 3.05) is 26.2 Å². The Morgan fingerprint density at radius 2 is 2.42 bits per heavy atom. The van der Waals surface area contributed by atoms with Crippen LogP contribution < -0.4 is 5.32 Å². The minimum absolute atomic E-state index is 0.321. The van der Waals surface area contributed by atoms with Crippen LogP contribution in [-0.4, -0.2) is 36.6 Å². The summed E-state index contributed by atoms with van der Waals surface area (Å²) in [7, 11) is 0. The van der Waals surface area contributed by atoms with Crippen LogP contribution in [0.3, 0.4) is 0 Å². The number of hydrogen-bond acceptors (Lipinski definition) is 2. The third-order valence-corrected chi connectivity index (χ3v) is 2.72. The normalized spacial score (nSPS) is 31.8. The second kappa shape index (κ2) is 4.06. The summed E-state index contributed by atoms with van der Waals surface area (Å²) in [4.78, 5) is 2.45. The number of hydrogen-bond donors (Lipinski definition) is 1. The van der Waals surface area contributed by atoms with E-state index in [4.69, 9.17) is 0 Å². The molecule has 1 unspecified atom stereocenters. The van der Waals surface area contributed by atoms with Crippen molar-refractivity contribution in [1.29, 1.82) is 0 Å². The molecular weight excluding hydrogens is 148 g/mol. The quantitative estimate of drug-likeness (QED) is 0.638. The molecule has 0 amide bonds. The molecule has 0 bridgehead atoms. The Kier molecular flexibility index (Phi) is 3.29. The Hall–Kier alpha value is -0.340. The predicted octanol–water partition coefficient (Wildman–Crippen LogP) is 1.25. The minimum Gasteiger partial charge on any atom is -0.309 e. The lowest BCUT2D eigenvalue weighted by atomic mass is 9.96. The predicted molar refractivity (Wildman–Crippen MR) is 53.3 cm³/mol. The van der Waals surface area contributed by atoms with Crippen LogP contribution in [0.1, 0.15) is 20.3 Å². The molecule has 1 atom stereocenters. The van der Waals surface area contributed by atoms with Gasteiger partial charge in [-0.1, -0.05) is 13.0 Å². The first kappa shape index (κ1) is 9.75. The van der Waals surface area contributed by atoms with Crippen molar-refractivity contribution >= 4 is 0 Å². The first-order chi connectivity index (χ1) is 5.70. The second-order valence-corrected chi connectivity index (χ2v) is 3.86. The second-order valence-electron chi connectivity index (χ2n) is 3.86. The Balaban J connectivity index is 2.44. The van der Waals surface area contributed by atoms with Gasteiger partial charge in [-0.25, -0.2) is 0 Å². The van der Waals surface area contributed by atoms with Gasteiger partial charge in [0.25, 0.3) is 0 Å². The molecule has 2 heteroatoms.